The molecule has 0 saturated heterocycles. The van der Waals surface area contributed by atoms with Gasteiger partial charge in [-0.3, -0.25) is 0 Å². The van der Waals surface area contributed by atoms with Crippen LogP contribution in [0, 0.1) is 5.92 Å². The second-order valence-electron chi connectivity index (χ2n) is 4.38. The predicted molar refractivity (Wildman–Crippen MR) is 67.9 cm³/mol. The first kappa shape index (κ1) is 14.0. The molecule has 1 atom stereocenters. The second-order valence-corrected chi connectivity index (χ2v) is 6.40. The van der Waals surface area contributed by atoms with Gasteiger partial charge in [-0.2, -0.15) is 0 Å². The molecule has 96 valence electrons. The van der Waals surface area contributed by atoms with Crippen LogP contribution in [0.25, 0.3) is 0 Å². The van der Waals surface area contributed by atoms with Crippen molar-refractivity contribution in [2.45, 2.75) is 24.8 Å². The van der Waals surface area contributed by atoms with E-state index in [1.807, 2.05) is 13.8 Å². The molecule has 0 aliphatic carbocycles. The Balaban J connectivity index is 2.93. The Hall–Kier alpha value is -1.07. The van der Waals surface area contributed by atoms with Gasteiger partial charge in [-0.05, 0) is 24.1 Å². The Labute approximate surface area is 103 Å². The maximum atomic E-state index is 11.4. The molecule has 1 aromatic rings. The van der Waals surface area contributed by atoms with E-state index < -0.39 is 9.84 Å². The number of benzene rings is 1. The van der Waals surface area contributed by atoms with Crippen molar-refractivity contribution < 1.29 is 13.2 Å². The molecule has 0 aliphatic rings. The number of hydrogen-bond donors (Lipinski definition) is 1. The van der Waals surface area contributed by atoms with Crippen molar-refractivity contribution in [3.05, 3.63) is 24.3 Å². The lowest BCUT2D eigenvalue weighted by Crippen LogP contribution is -2.31. The van der Waals surface area contributed by atoms with Crippen LogP contribution in [0.15, 0.2) is 29.2 Å². The minimum Gasteiger partial charge on any atom is -0.489 e. The molecule has 0 aliphatic heterocycles. The second kappa shape index (κ2) is 5.51. The average Bonchev–Trinajstić information content (AvgIpc) is 2.24. The normalized spacial score (nSPS) is 13.7. The van der Waals surface area contributed by atoms with Crippen molar-refractivity contribution in [2.24, 2.45) is 11.7 Å². The first-order valence-electron chi connectivity index (χ1n) is 5.51. The van der Waals surface area contributed by atoms with Crippen molar-refractivity contribution in [3.8, 4) is 5.75 Å². The zero-order chi connectivity index (χ0) is 13.1. The summed E-state index contributed by atoms with van der Waals surface area (Å²) < 4.78 is 28.5. The monoisotopic (exact) mass is 257 g/mol. The molecular weight excluding hydrogens is 238 g/mol. The summed E-state index contributed by atoms with van der Waals surface area (Å²) in [6.45, 7) is 4.43. The quantitative estimate of drug-likeness (QED) is 0.867. The lowest BCUT2D eigenvalue weighted by Gasteiger charge is -2.21. The maximum Gasteiger partial charge on any atom is 0.175 e. The van der Waals surface area contributed by atoms with Gasteiger partial charge >= 0.3 is 0 Å². The maximum absolute atomic E-state index is 11.4. The van der Waals surface area contributed by atoms with E-state index in [2.05, 4.69) is 0 Å². The lowest BCUT2D eigenvalue weighted by molar-refractivity contribution is 0.159. The fourth-order valence-corrected chi connectivity index (χ4v) is 2.07. The Morgan fingerprint density at radius 3 is 2.47 bits per heavy atom. The van der Waals surface area contributed by atoms with Crippen LogP contribution >= 0.6 is 0 Å². The molecule has 0 radical (unpaired) electrons. The highest BCUT2D eigenvalue weighted by Crippen LogP contribution is 2.20. The van der Waals surface area contributed by atoms with Gasteiger partial charge in [0.1, 0.15) is 11.9 Å². The molecule has 1 unspecified atom stereocenters. The van der Waals surface area contributed by atoms with Crippen molar-refractivity contribution >= 4 is 9.84 Å². The van der Waals surface area contributed by atoms with Gasteiger partial charge in [0.2, 0.25) is 0 Å². The van der Waals surface area contributed by atoms with E-state index in [1.54, 1.807) is 18.2 Å². The standard InChI is InChI=1S/C12H19NO3S/c1-9(2)12(8-13)16-10-5-4-6-11(7-10)17(3,14)15/h4-7,9,12H,8,13H2,1-3H3. The highest BCUT2D eigenvalue weighted by atomic mass is 32.2. The summed E-state index contributed by atoms with van der Waals surface area (Å²) in [6, 6.07) is 6.48. The van der Waals surface area contributed by atoms with E-state index in [0.717, 1.165) is 0 Å². The molecule has 0 spiro atoms. The SMILES string of the molecule is CC(C)C(CN)Oc1cccc(S(C)(=O)=O)c1. The number of hydrogen-bond acceptors (Lipinski definition) is 4. The third-order valence-corrected chi connectivity index (χ3v) is 3.61. The molecule has 0 aromatic heterocycles. The topological polar surface area (TPSA) is 69.4 Å². The molecule has 0 bridgehead atoms. The van der Waals surface area contributed by atoms with E-state index >= 15 is 0 Å². The molecule has 0 amide bonds. The lowest BCUT2D eigenvalue weighted by atomic mass is 10.1. The van der Waals surface area contributed by atoms with Gasteiger partial charge in [-0.25, -0.2) is 8.42 Å². The van der Waals surface area contributed by atoms with E-state index in [-0.39, 0.29) is 16.9 Å². The van der Waals surface area contributed by atoms with Crippen molar-refractivity contribution in [1.82, 2.24) is 0 Å². The molecule has 4 nitrogen and oxygen atoms in total. The van der Waals surface area contributed by atoms with E-state index in [1.165, 1.54) is 12.3 Å². The van der Waals surface area contributed by atoms with E-state index in [0.29, 0.717) is 12.3 Å². The summed E-state index contributed by atoms with van der Waals surface area (Å²) in [6.07, 6.45) is 1.07. The predicted octanol–water partition coefficient (Wildman–Crippen LogP) is 1.45. The Morgan fingerprint density at radius 1 is 1.35 bits per heavy atom. The summed E-state index contributed by atoms with van der Waals surface area (Å²) in [4.78, 5) is 0.259. The molecule has 5 heteroatoms. The largest absolute Gasteiger partial charge is 0.489 e. The van der Waals surface area contributed by atoms with Crippen molar-refractivity contribution in [2.75, 3.05) is 12.8 Å². The summed E-state index contributed by atoms with van der Waals surface area (Å²) in [5.41, 5.74) is 5.60. The first-order valence-corrected chi connectivity index (χ1v) is 7.40. The Bertz CT molecular complexity index is 468. The van der Waals surface area contributed by atoms with Gasteiger partial charge < -0.3 is 10.5 Å². The average molecular weight is 257 g/mol. The number of rotatable bonds is 5. The smallest absolute Gasteiger partial charge is 0.175 e. The van der Waals surface area contributed by atoms with Crippen LogP contribution in [0.5, 0.6) is 5.75 Å². The van der Waals surface area contributed by atoms with Crippen molar-refractivity contribution in [3.63, 3.8) is 0 Å². The highest BCUT2D eigenvalue weighted by molar-refractivity contribution is 7.90. The van der Waals surface area contributed by atoms with Gasteiger partial charge in [0.25, 0.3) is 0 Å². The molecule has 2 N–H and O–H groups in total. The van der Waals surface area contributed by atoms with Crippen molar-refractivity contribution in [1.29, 1.82) is 0 Å². The fraction of sp³-hybridized carbons (Fsp3) is 0.500. The Morgan fingerprint density at radius 2 is 2.00 bits per heavy atom. The minimum absolute atomic E-state index is 0.107. The molecule has 0 fully saturated rings. The summed E-state index contributed by atoms with van der Waals surface area (Å²) in [5.74, 6) is 0.818. The van der Waals surface area contributed by atoms with Gasteiger partial charge in [0.15, 0.2) is 9.84 Å². The molecule has 0 heterocycles. The van der Waals surface area contributed by atoms with Crippen LogP contribution < -0.4 is 10.5 Å². The van der Waals surface area contributed by atoms with Crippen LogP contribution in [-0.4, -0.2) is 27.3 Å². The van der Waals surface area contributed by atoms with Crippen LogP contribution in [0.3, 0.4) is 0 Å². The third kappa shape index (κ3) is 4.02. The molecule has 1 rings (SSSR count). The van der Waals surface area contributed by atoms with Crippen LogP contribution in [0.2, 0.25) is 0 Å². The molecule has 17 heavy (non-hydrogen) atoms. The van der Waals surface area contributed by atoms with Gasteiger partial charge in [-0.15, -0.1) is 0 Å². The summed E-state index contributed by atoms with van der Waals surface area (Å²) >= 11 is 0. The third-order valence-electron chi connectivity index (χ3n) is 2.50. The fourth-order valence-electron chi connectivity index (χ4n) is 1.41. The van der Waals surface area contributed by atoms with Crippen LogP contribution in [-0.2, 0) is 9.84 Å². The number of sulfone groups is 1. The number of ether oxygens (including phenoxy) is 1. The molecule has 0 saturated carbocycles. The molecular formula is C12H19NO3S. The van der Waals surface area contributed by atoms with Gasteiger partial charge in [-0.1, -0.05) is 19.9 Å². The first-order chi connectivity index (χ1) is 7.84. The zero-order valence-corrected chi connectivity index (χ0v) is 11.2. The van der Waals surface area contributed by atoms with E-state index in [4.69, 9.17) is 10.5 Å². The van der Waals surface area contributed by atoms with Crippen LogP contribution in [0.4, 0.5) is 0 Å². The summed E-state index contributed by atoms with van der Waals surface area (Å²) in [5, 5.41) is 0. The van der Waals surface area contributed by atoms with Crippen LogP contribution in [0.1, 0.15) is 13.8 Å². The van der Waals surface area contributed by atoms with Gasteiger partial charge in [0.05, 0.1) is 4.90 Å². The molecule has 1 aromatic carbocycles. The zero-order valence-electron chi connectivity index (χ0n) is 10.4. The minimum atomic E-state index is -3.20. The summed E-state index contributed by atoms with van der Waals surface area (Å²) in [7, 11) is -3.20. The van der Waals surface area contributed by atoms with E-state index in [9.17, 15) is 8.42 Å². The van der Waals surface area contributed by atoms with Gasteiger partial charge in [0, 0.05) is 12.8 Å². The highest BCUT2D eigenvalue weighted by Gasteiger charge is 2.14. The Kier molecular flexibility index (Phi) is 4.54. The number of nitrogens with two attached hydrogens (primary N) is 1.